The number of nitrogens with two attached hydrogens (primary N) is 1. The lowest BCUT2D eigenvalue weighted by Crippen LogP contribution is -2.31. The van der Waals surface area contributed by atoms with Gasteiger partial charge in [-0.05, 0) is 25.1 Å². The van der Waals surface area contributed by atoms with Crippen LogP contribution < -0.4 is 10.6 Å². The number of aromatic nitrogens is 2. The van der Waals surface area contributed by atoms with Crippen molar-refractivity contribution in [1.82, 2.24) is 9.55 Å². The summed E-state index contributed by atoms with van der Waals surface area (Å²) in [5.41, 5.74) is 8.41. The van der Waals surface area contributed by atoms with E-state index < -0.39 is 0 Å². The number of carbonyl (C=O) groups is 1. The molecule has 18 heavy (non-hydrogen) atoms. The SMILES string of the molecule is CC(N)CC(=O)N(C)c1ccc2c(c1)ncn2C. The second-order valence-electron chi connectivity index (χ2n) is 4.66. The maximum Gasteiger partial charge on any atom is 0.228 e. The van der Waals surface area contributed by atoms with Crippen molar-refractivity contribution in [2.24, 2.45) is 12.8 Å². The van der Waals surface area contributed by atoms with Gasteiger partial charge in [-0.1, -0.05) is 0 Å². The molecule has 96 valence electrons. The molecule has 0 bridgehead atoms. The smallest absolute Gasteiger partial charge is 0.228 e. The van der Waals surface area contributed by atoms with Gasteiger partial charge in [0.25, 0.3) is 0 Å². The third kappa shape index (κ3) is 2.36. The van der Waals surface area contributed by atoms with Gasteiger partial charge in [0.05, 0.1) is 17.4 Å². The van der Waals surface area contributed by atoms with E-state index in [1.54, 1.807) is 18.3 Å². The Bertz CT molecular complexity index is 573. The molecule has 0 spiro atoms. The molecule has 0 aliphatic rings. The van der Waals surface area contributed by atoms with Crippen molar-refractivity contribution in [3.8, 4) is 0 Å². The molecule has 1 aromatic heterocycles. The molecule has 1 unspecified atom stereocenters. The van der Waals surface area contributed by atoms with Crippen molar-refractivity contribution in [2.75, 3.05) is 11.9 Å². The summed E-state index contributed by atoms with van der Waals surface area (Å²) in [5, 5.41) is 0. The van der Waals surface area contributed by atoms with Crippen molar-refractivity contribution in [3.63, 3.8) is 0 Å². The zero-order valence-corrected chi connectivity index (χ0v) is 10.9. The summed E-state index contributed by atoms with van der Waals surface area (Å²) < 4.78 is 1.95. The average molecular weight is 246 g/mol. The van der Waals surface area contributed by atoms with E-state index in [4.69, 9.17) is 5.73 Å². The largest absolute Gasteiger partial charge is 0.334 e. The Kier molecular flexibility index (Phi) is 3.34. The second kappa shape index (κ2) is 4.78. The Hall–Kier alpha value is -1.88. The average Bonchev–Trinajstić information content (AvgIpc) is 2.69. The van der Waals surface area contributed by atoms with Crippen LogP contribution in [0.15, 0.2) is 24.5 Å². The number of rotatable bonds is 3. The third-order valence-corrected chi connectivity index (χ3v) is 2.97. The van der Waals surface area contributed by atoms with Crippen molar-refractivity contribution >= 4 is 22.6 Å². The highest BCUT2D eigenvalue weighted by Gasteiger charge is 2.13. The van der Waals surface area contributed by atoms with Crippen LogP contribution in [0.4, 0.5) is 5.69 Å². The predicted octanol–water partition coefficient (Wildman–Crippen LogP) is 1.27. The number of fused-ring (bicyclic) bond motifs is 1. The van der Waals surface area contributed by atoms with Gasteiger partial charge in [0.2, 0.25) is 5.91 Å². The zero-order valence-electron chi connectivity index (χ0n) is 10.9. The van der Waals surface area contributed by atoms with Gasteiger partial charge in [-0.3, -0.25) is 4.79 Å². The first-order valence-electron chi connectivity index (χ1n) is 5.92. The summed E-state index contributed by atoms with van der Waals surface area (Å²) in [4.78, 5) is 17.8. The number of amides is 1. The van der Waals surface area contributed by atoms with Gasteiger partial charge in [0.1, 0.15) is 0 Å². The van der Waals surface area contributed by atoms with Crippen LogP contribution in [0.3, 0.4) is 0 Å². The molecule has 1 atom stereocenters. The van der Waals surface area contributed by atoms with Crippen LogP contribution in [-0.4, -0.2) is 28.5 Å². The first-order valence-corrected chi connectivity index (χ1v) is 5.92. The summed E-state index contributed by atoms with van der Waals surface area (Å²) in [6.45, 7) is 1.83. The summed E-state index contributed by atoms with van der Waals surface area (Å²) in [6.07, 6.45) is 2.11. The lowest BCUT2D eigenvalue weighted by molar-refractivity contribution is -0.118. The fourth-order valence-corrected chi connectivity index (χ4v) is 1.89. The molecule has 0 fully saturated rings. The fourth-order valence-electron chi connectivity index (χ4n) is 1.89. The van der Waals surface area contributed by atoms with Crippen LogP contribution in [0, 0.1) is 0 Å². The Morgan fingerprint density at radius 2 is 2.28 bits per heavy atom. The molecule has 1 aromatic carbocycles. The van der Waals surface area contributed by atoms with Crippen molar-refractivity contribution < 1.29 is 4.79 Å². The maximum atomic E-state index is 11.9. The molecule has 0 saturated heterocycles. The van der Waals surface area contributed by atoms with Gasteiger partial charge in [0.15, 0.2) is 0 Å². The number of aryl methyl sites for hydroxylation is 1. The van der Waals surface area contributed by atoms with E-state index in [1.165, 1.54) is 0 Å². The van der Waals surface area contributed by atoms with E-state index >= 15 is 0 Å². The first kappa shape index (κ1) is 12.6. The molecule has 0 radical (unpaired) electrons. The fraction of sp³-hybridized carbons (Fsp3) is 0.385. The van der Waals surface area contributed by atoms with Gasteiger partial charge in [-0.25, -0.2) is 4.98 Å². The lowest BCUT2D eigenvalue weighted by Gasteiger charge is -2.18. The normalized spacial score (nSPS) is 12.7. The van der Waals surface area contributed by atoms with Crippen molar-refractivity contribution in [1.29, 1.82) is 0 Å². The van der Waals surface area contributed by atoms with Crippen LogP contribution in [0.25, 0.3) is 11.0 Å². The lowest BCUT2D eigenvalue weighted by atomic mass is 10.2. The minimum Gasteiger partial charge on any atom is -0.334 e. The van der Waals surface area contributed by atoms with Gasteiger partial charge >= 0.3 is 0 Å². The summed E-state index contributed by atoms with van der Waals surface area (Å²) in [6, 6.07) is 5.67. The van der Waals surface area contributed by atoms with Gasteiger partial charge in [-0.2, -0.15) is 0 Å². The molecule has 0 aliphatic heterocycles. The Balaban J connectivity index is 2.27. The van der Waals surface area contributed by atoms with E-state index in [-0.39, 0.29) is 11.9 Å². The Labute approximate surface area is 106 Å². The quantitative estimate of drug-likeness (QED) is 0.887. The predicted molar refractivity (Wildman–Crippen MR) is 72.4 cm³/mol. The van der Waals surface area contributed by atoms with Crippen LogP contribution in [0.2, 0.25) is 0 Å². The van der Waals surface area contributed by atoms with Crippen LogP contribution in [-0.2, 0) is 11.8 Å². The molecule has 0 aliphatic carbocycles. The van der Waals surface area contributed by atoms with Gasteiger partial charge in [-0.15, -0.1) is 0 Å². The van der Waals surface area contributed by atoms with Gasteiger partial charge < -0.3 is 15.2 Å². The number of hydrogen-bond donors (Lipinski definition) is 1. The summed E-state index contributed by atoms with van der Waals surface area (Å²) >= 11 is 0. The number of nitrogens with zero attached hydrogens (tertiary/aromatic N) is 3. The van der Waals surface area contributed by atoms with Crippen molar-refractivity contribution in [3.05, 3.63) is 24.5 Å². The number of hydrogen-bond acceptors (Lipinski definition) is 3. The molecule has 2 N–H and O–H groups in total. The molecular weight excluding hydrogens is 228 g/mol. The molecule has 1 heterocycles. The topological polar surface area (TPSA) is 64.2 Å². The number of anilines is 1. The monoisotopic (exact) mass is 246 g/mol. The zero-order chi connectivity index (χ0) is 13.3. The van der Waals surface area contributed by atoms with E-state index in [9.17, 15) is 4.79 Å². The maximum absolute atomic E-state index is 11.9. The van der Waals surface area contributed by atoms with E-state index in [0.29, 0.717) is 6.42 Å². The van der Waals surface area contributed by atoms with Crippen LogP contribution in [0.1, 0.15) is 13.3 Å². The second-order valence-corrected chi connectivity index (χ2v) is 4.66. The van der Waals surface area contributed by atoms with Crippen LogP contribution >= 0.6 is 0 Å². The van der Waals surface area contributed by atoms with E-state index in [1.807, 2.05) is 36.7 Å². The summed E-state index contributed by atoms with van der Waals surface area (Å²) in [7, 11) is 3.70. The molecule has 2 rings (SSSR count). The molecule has 1 amide bonds. The van der Waals surface area contributed by atoms with E-state index in [0.717, 1.165) is 16.7 Å². The summed E-state index contributed by atoms with van der Waals surface area (Å²) in [5.74, 6) is 0.0141. The first-order chi connectivity index (χ1) is 8.49. The highest BCUT2D eigenvalue weighted by molar-refractivity contribution is 5.95. The minimum atomic E-state index is -0.126. The highest BCUT2D eigenvalue weighted by Crippen LogP contribution is 2.20. The van der Waals surface area contributed by atoms with Crippen LogP contribution in [0.5, 0.6) is 0 Å². The molecule has 0 saturated carbocycles. The molecule has 2 aromatic rings. The Morgan fingerprint density at radius 3 is 2.94 bits per heavy atom. The van der Waals surface area contributed by atoms with Gasteiger partial charge in [0, 0.05) is 32.2 Å². The molecular formula is C13H18N4O. The number of carbonyl (C=O) groups excluding carboxylic acids is 1. The standard InChI is InChI=1S/C13H18N4O/c1-9(14)6-13(18)17(3)10-4-5-12-11(7-10)15-8-16(12)2/h4-5,7-9H,6,14H2,1-3H3. The Morgan fingerprint density at radius 1 is 1.56 bits per heavy atom. The number of imidazole rings is 1. The molecule has 5 heteroatoms. The minimum absolute atomic E-state index is 0.0141. The van der Waals surface area contributed by atoms with E-state index in [2.05, 4.69) is 4.98 Å². The third-order valence-electron chi connectivity index (χ3n) is 2.97. The number of benzene rings is 1. The van der Waals surface area contributed by atoms with Crippen molar-refractivity contribution in [2.45, 2.75) is 19.4 Å². The highest BCUT2D eigenvalue weighted by atomic mass is 16.2. The molecule has 5 nitrogen and oxygen atoms in total.